The second-order valence-corrected chi connectivity index (χ2v) is 36.2. The van der Waals surface area contributed by atoms with E-state index in [4.69, 9.17) is 0 Å². The Morgan fingerprint density at radius 3 is 0.703 bits per heavy atom. The molecule has 0 aliphatic carbocycles. The fourth-order valence-electron chi connectivity index (χ4n) is 17.2. The van der Waals surface area contributed by atoms with Crippen molar-refractivity contribution in [1.29, 1.82) is 0 Å². The Kier molecular flexibility index (Phi) is 10.9. The minimum absolute atomic E-state index is 0.0540. The van der Waals surface area contributed by atoms with Crippen LogP contribution in [0.25, 0.3) is 110 Å². The molecule has 0 unspecified atom stereocenters. The molecule has 0 saturated heterocycles. The Bertz CT molecular complexity index is 5530. The van der Waals surface area contributed by atoms with Gasteiger partial charge in [-0.2, -0.15) is 0 Å². The van der Waals surface area contributed by atoms with E-state index in [1.165, 1.54) is 187 Å². The molecule has 0 N–H and O–H groups in total. The van der Waals surface area contributed by atoms with Crippen molar-refractivity contribution in [2.75, 3.05) is 0 Å². The summed E-state index contributed by atoms with van der Waals surface area (Å²) in [6.07, 6.45) is 0. The molecule has 0 atom stereocenters. The molecule has 4 nitrogen and oxygen atoms in total. The lowest BCUT2D eigenvalue weighted by Gasteiger charge is -2.43. The van der Waals surface area contributed by atoms with Crippen molar-refractivity contribution in [3.63, 3.8) is 0 Å². The molecule has 456 valence electrons. The average molecular weight is 1190 g/mol. The zero-order chi connectivity index (χ0) is 64.3. The third-order valence-electron chi connectivity index (χ3n) is 22.5. The summed E-state index contributed by atoms with van der Waals surface area (Å²) in [5.41, 5.74) is 34.6. The molecule has 0 bridgehead atoms. The summed E-state index contributed by atoms with van der Waals surface area (Å²) in [5, 5.41) is 10.8. The number of fused-ring (bicyclic) bond motifs is 22. The standard InChI is InChI=1S/C85H90B2N4/c1-44(2)45-32-57-53-34-46(79(3,4)5)24-28-65(53)88-71(57)61(33-45)86-62-41-50(83(15,16)17)38-58-54-35-47(80(6,7)8)25-29-66(54)89(72(58)62)76-69(86)75(88)77-70-78(76)91-68-31-27-49(82(12,13)14)37-56(68)60-40-52(85(21,22)23)43-64(74(60)91)87(70)63-42-51(84(18,19)20)39-59-55-36-48(81(9,10)11)26-30-67(55)90(77)73(59)63/h24-44H,1-23H3. The van der Waals surface area contributed by atoms with Gasteiger partial charge in [-0.05, 0) is 194 Å². The van der Waals surface area contributed by atoms with Crippen LogP contribution >= 0.6 is 0 Å². The number of hydrogen-bond donors (Lipinski definition) is 0. The van der Waals surface area contributed by atoms with E-state index in [1.54, 1.807) is 0 Å². The zero-order valence-electron chi connectivity index (χ0n) is 58.6. The first-order chi connectivity index (χ1) is 42.4. The maximum Gasteiger partial charge on any atom is 0.252 e. The number of rotatable bonds is 1. The number of aromatic nitrogens is 4. The second kappa shape index (κ2) is 17.3. The van der Waals surface area contributed by atoms with Crippen LogP contribution in [0.4, 0.5) is 0 Å². The largest absolute Gasteiger partial charge is 0.308 e. The molecule has 0 radical (unpaired) electrons. The minimum atomic E-state index is -0.133. The van der Waals surface area contributed by atoms with Crippen molar-refractivity contribution >= 4 is 133 Å². The van der Waals surface area contributed by atoms with E-state index in [0.717, 1.165) is 0 Å². The topological polar surface area (TPSA) is 19.7 Å². The maximum atomic E-state index is 2.84. The predicted molar refractivity (Wildman–Crippen MR) is 398 cm³/mol. The zero-order valence-corrected chi connectivity index (χ0v) is 58.6. The Morgan fingerprint density at radius 2 is 0.473 bits per heavy atom. The fourth-order valence-corrected chi connectivity index (χ4v) is 17.2. The molecule has 4 aliphatic heterocycles. The number of benzene rings is 9. The van der Waals surface area contributed by atoms with Crippen LogP contribution in [0.15, 0.2) is 121 Å². The highest BCUT2D eigenvalue weighted by Crippen LogP contribution is 2.51. The molecule has 0 amide bonds. The van der Waals surface area contributed by atoms with Gasteiger partial charge >= 0.3 is 0 Å². The van der Waals surface area contributed by atoms with E-state index >= 15 is 0 Å². The van der Waals surface area contributed by atoms with Gasteiger partial charge in [-0.3, -0.25) is 0 Å². The highest BCUT2D eigenvalue weighted by Gasteiger charge is 2.52. The first-order valence-corrected chi connectivity index (χ1v) is 34.2. The summed E-state index contributed by atoms with van der Waals surface area (Å²) in [6.45, 7) is 55.1. The molecule has 8 heterocycles. The van der Waals surface area contributed by atoms with Crippen LogP contribution in [-0.2, 0) is 37.9 Å². The Morgan fingerprint density at radius 1 is 0.253 bits per heavy atom. The third-order valence-corrected chi connectivity index (χ3v) is 22.5. The van der Waals surface area contributed by atoms with Gasteiger partial charge in [0.25, 0.3) is 13.4 Å². The Labute approximate surface area is 540 Å². The van der Waals surface area contributed by atoms with E-state index in [9.17, 15) is 0 Å². The quantitative estimate of drug-likeness (QED) is 0.146. The monoisotopic (exact) mass is 1190 g/mol. The lowest BCUT2D eigenvalue weighted by atomic mass is 9.31. The molecule has 0 fully saturated rings. The summed E-state index contributed by atoms with van der Waals surface area (Å²) in [6, 6.07) is 51.4. The lowest BCUT2D eigenvalue weighted by molar-refractivity contribution is 0.590. The number of nitrogens with zero attached hydrogens (tertiary/aromatic N) is 4. The van der Waals surface area contributed by atoms with Crippen LogP contribution in [0.5, 0.6) is 0 Å². The molecule has 0 spiro atoms. The predicted octanol–water partition coefficient (Wildman–Crippen LogP) is 18.6. The van der Waals surface area contributed by atoms with Crippen molar-refractivity contribution in [2.45, 2.75) is 203 Å². The number of hydrogen-bond acceptors (Lipinski definition) is 0. The van der Waals surface area contributed by atoms with Crippen molar-refractivity contribution in [3.8, 4) is 22.7 Å². The van der Waals surface area contributed by atoms with Gasteiger partial charge in [-0.15, -0.1) is 0 Å². The molecule has 4 aliphatic rings. The second-order valence-electron chi connectivity index (χ2n) is 36.2. The van der Waals surface area contributed by atoms with Crippen LogP contribution in [-0.4, -0.2) is 31.7 Å². The maximum absolute atomic E-state index is 2.84. The van der Waals surface area contributed by atoms with Gasteiger partial charge in [0.2, 0.25) is 0 Å². The van der Waals surface area contributed by atoms with E-state index in [0.29, 0.717) is 5.92 Å². The third kappa shape index (κ3) is 7.49. The van der Waals surface area contributed by atoms with Gasteiger partial charge in [0, 0.05) is 65.2 Å². The van der Waals surface area contributed by atoms with Crippen LogP contribution in [0.3, 0.4) is 0 Å². The normalized spacial score (nSPS) is 14.8. The summed E-state index contributed by atoms with van der Waals surface area (Å²) >= 11 is 0. The Hall–Kier alpha value is -7.69. The van der Waals surface area contributed by atoms with Gasteiger partial charge in [0.05, 0.1) is 44.8 Å². The highest BCUT2D eigenvalue weighted by molar-refractivity contribution is 7.03. The SMILES string of the molecule is CC(C)c1cc2c3c(c1)c1cc(C(C)(C)C)ccc1n3-c1c3c(c4c5c1-n1c6ccc(C(C)(C)C)cc6c6cc(C(C)(C)C)cc(c61)B5c1cc(C(C)(C)C)cc5c6cc(C(C)(C)C)ccc6n-4c15)-n1c4ccc(C(C)(C)C)cc4c4cc(C(C)(C)C)cc(c41)B32. The van der Waals surface area contributed by atoms with Gasteiger partial charge in [0.1, 0.15) is 0 Å². The summed E-state index contributed by atoms with van der Waals surface area (Å²) in [4.78, 5) is 0. The average Bonchev–Trinajstić information content (AvgIpc) is 1.58. The van der Waals surface area contributed by atoms with Gasteiger partial charge in [-0.1, -0.05) is 208 Å². The molecular weight excluding hydrogens is 1100 g/mol. The molecule has 17 rings (SSSR count). The fraction of sp³-hybridized carbons (Fsp3) is 0.365. The molecule has 91 heavy (non-hydrogen) atoms. The van der Waals surface area contributed by atoms with Gasteiger partial charge in [0.15, 0.2) is 0 Å². The summed E-state index contributed by atoms with van der Waals surface area (Å²) in [5.74, 6) is 0.307. The van der Waals surface area contributed by atoms with E-state index < -0.39 is 0 Å². The highest BCUT2D eigenvalue weighted by atomic mass is 15.1. The van der Waals surface area contributed by atoms with Crippen LogP contribution in [0, 0.1) is 0 Å². The molecule has 13 aromatic rings. The molecule has 6 heteroatoms. The first-order valence-electron chi connectivity index (χ1n) is 34.2. The van der Waals surface area contributed by atoms with Gasteiger partial charge < -0.3 is 18.3 Å². The van der Waals surface area contributed by atoms with Crippen molar-refractivity contribution in [1.82, 2.24) is 18.3 Å². The van der Waals surface area contributed by atoms with Crippen molar-refractivity contribution in [3.05, 3.63) is 166 Å². The van der Waals surface area contributed by atoms with Crippen molar-refractivity contribution < 1.29 is 0 Å². The van der Waals surface area contributed by atoms with Crippen LogP contribution in [0.1, 0.15) is 210 Å². The van der Waals surface area contributed by atoms with Crippen LogP contribution < -0.4 is 32.8 Å². The smallest absolute Gasteiger partial charge is 0.252 e. The molecule has 0 saturated carbocycles. The molecule has 9 aromatic carbocycles. The van der Waals surface area contributed by atoms with E-state index in [-0.39, 0.29) is 51.3 Å². The summed E-state index contributed by atoms with van der Waals surface area (Å²) in [7, 11) is 0. The summed E-state index contributed by atoms with van der Waals surface area (Å²) < 4.78 is 11.4. The Balaban J connectivity index is 1.22. The van der Waals surface area contributed by atoms with Crippen molar-refractivity contribution in [2.24, 2.45) is 0 Å². The molecule has 4 aromatic heterocycles. The van der Waals surface area contributed by atoms with Gasteiger partial charge in [-0.25, -0.2) is 0 Å². The first kappa shape index (κ1) is 57.2. The van der Waals surface area contributed by atoms with E-state index in [1.807, 2.05) is 0 Å². The van der Waals surface area contributed by atoms with Crippen LogP contribution in [0.2, 0.25) is 0 Å². The lowest BCUT2D eigenvalue weighted by Crippen LogP contribution is -2.65. The van der Waals surface area contributed by atoms with E-state index in [2.05, 4.69) is 299 Å². The minimum Gasteiger partial charge on any atom is -0.308 e. The molecular formula is C85H90B2N4.